The molecular weight excluding hydrogens is 829 g/mol. The van der Waals surface area contributed by atoms with E-state index in [0.29, 0.717) is 19.3 Å². The number of carbonyl (C=O) groups excluding carboxylic acids is 3. The fraction of sp³-hybridized carbons (Fsp3) is 0.820. The van der Waals surface area contributed by atoms with E-state index in [1.165, 1.54) is 167 Å². The van der Waals surface area contributed by atoms with Crippen LogP contribution >= 0.6 is 0 Å². The van der Waals surface area contributed by atoms with Gasteiger partial charge in [-0.05, 0) is 89.9 Å². The Balaban J connectivity index is 4.19. The van der Waals surface area contributed by atoms with Crippen molar-refractivity contribution in [2.75, 3.05) is 13.2 Å². The number of unbranched alkanes of at least 4 members (excludes halogenated alkanes) is 34. The number of ether oxygens (including phenoxy) is 3. The van der Waals surface area contributed by atoms with Crippen molar-refractivity contribution in [1.82, 2.24) is 0 Å². The van der Waals surface area contributed by atoms with Gasteiger partial charge in [0.2, 0.25) is 0 Å². The highest BCUT2D eigenvalue weighted by Gasteiger charge is 2.19. The van der Waals surface area contributed by atoms with Crippen LogP contribution in [0, 0.1) is 0 Å². The molecule has 1 atom stereocenters. The summed E-state index contributed by atoms with van der Waals surface area (Å²) in [7, 11) is 0. The molecule has 0 spiro atoms. The molecule has 0 aromatic carbocycles. The summed E-state index contributed by atoms with van der Waals surface area (Å²) in [6, 6.07) is 0. The van der Waals surface area contributed by atoms with Gasteiger partial charge in [0, 0.05) is 19.3 Å². The first-order valence-electron chi connectivity index (χ1n) is 29.1. The molecule has 0 fully saturated rings. The normalized spacial score (nSPS) is 12.3. The van der Waals surface area contributed by atoms with Crippen molar-refractivity contribution < 1.29 is 28.6 Å². The van der Waals surface area contributed by atoms with Gasteiger partial charge in [-0.15, -0.1) is 0 Å². The maximum atomic E-state index is 12.8. The van der Waals surface area contributed by atoms with Crippen LogP contribution in [0.2, 0.25) is 0 Å². The molecule has 6 nitrogen and oxygen atoms in total. The molecule has 67 heavy (non-hydrogen) atoms. The molecule has 0 radical (unpaired) electrons. The van der Waals surface area contributed by atoms with Crippen LogP contribution in [-0.4, -0.2) is 37.2 Å². The first kappa shape index (κ1) is 64.4. The first-order chi connectivity index (χ1) is 33.0. The summed E-state index contributed by atoms with van der Waals surface area (Å²) >= 11 is 0. The molecule has 0 saturated heterocycles. The quantitative estimate of drug-likeness (QED) is 0.0262. The lowest BCUT2D eigenvalue weighted by Gasteiger charge is -2.18. The van der Waals surface area contributed by atoms with Crippen molar-refractivity contribution in [3.8, 4) is 0 Å². The zero-order valence-corrected chi connectivity index (χ0v) is 44.7. The topological polar surface area (TPSA) is 78.9 Å². The van der Waals surface area contributed by atoms with Crippen LogP contribution in [-0.2, 0) is 28.6 Å². The third kappa shape index (κ3) is 54.2. The minimum Gasteiger partial charge on any atom is -0.462 e. The van der Waals surface area contributed by atoms with Crippen molar-refractivity contribution in [2.45, 2.75) is 309 Å². The Morgan fingerprint density at radius 3 is 0.940 bits per heavy atom. The number of allylic oxidation sites excluding steroid dienone is 8. The van der Waals surface area contributed by atoms with Gasteiger partial charge in [0.1, 0.15) is 13.2 Å². The van der Waals surface area contributed by atoms with Crippen molar-refractivity contribution in [2.24, 2.45) is 0 Å². The largest absolute Gasteiger partial charge is 0.462 e. The van der Waals surface area contributed by atoms with Gasteiger partial charge in [0.15, 0.2) is 6.10 Å². The molecule has 6 heteroatoms. The fourth-order valence-corrected chi connectivity index (χ4v) is 8.34. The van der Waals surface area contributed by atoms with Gasteiger partial charge in [0.05, 0.1) is 0 Å². The van der Waals surface area contributed by atoms with Crippen LogP contribution in [0.4, 0.5) is 0 Å². The van der Waals surface area contributed by atoms with Crippen LogP contribution in [0.5, 0.6) is 0 Å². The van der Waals surface area contributed by atoms with Crippen LogP contribution in [0.25, 0.3) is 0 Å². The Morgan fingerprint density at radius 2 is 0.582 bits per heavy atom. The van der Waals surface area contributed by atoms with E-state index in [4.69, 9.17) is 14.2 Å². The smallest absolute Gasteiger partial charge is 0.306 e. The van der Waals surface area contributed by atoms with E-state index >= 15 is 0 Å². The van der Waals surface area contributed by atoms with Crippen LogP contribution in [0.15, 0.2) is 48.6 Å². The van der Waals surface area contributed by atoms with Crippen LogP contribution < -0.4 is 0 Å². The van der Waals surface area contributed by atoms with Crippen molar-refractivity contribution >= 4 is 17.9 Å². The lowest BCUT2D eigenvalue weighted by atomic mass is 10.0. The highest BCUT2D eigenvalue weighted by Crippen LogP contribution is 2.16. The van der Waals surface area contributed by atoms with Gasteiger partial charge in [-0.1, -0.05) is 243 Å². The molecule has 0 N–H and O–H groups in total. The van der Waals surface area contributed by atoms with Crippen LogP contribution in [0.3, 0.4) is 0 Å². The van der Waals surface area contributed by atoms with Crippen LogP contribution in [0.1, 0.15) is 303 Å². The number of carbonyl (C=O) groups is 3. The Hall–Kier alpha value is -2.63. The molecule has 0 heterocycles. The van der Waals surface area contributed by atoms with Gasteiger partial charge < -0.3 is 14.2 Å². The molecule has 0 rings (SSSR count). The molecule has 0 aliphatic rings. The van der Waals surface area contributed by atoms with E-state index in [9.17, 15) is 14.4 Å². The molecule has 0 amide bonds. The molecule has 0 saturated carbocycles. The highest BCUT2D eigenvalue weighted by molar-refractivity contribution is 5.71. The third-order valence-electron chi connectivity index (χ3n) is 12.8. The molecule has 1 unspecified atom stereocenters. The van der Waals surface area contributed by atoms with E-state index in [2.05, 4.69) is 69.4 Å². The summed E-state index contributed by atoms with van der Waals surface area (Å²) in [6.45, 7) is 6.54. The predicted molar refractivity (Wildman–Crippen MR) is 289 cm³/mol. The molecule has 0 bridgehead atoms. The Kier molecular flexibility index (Phi) is 53.8. The summed E-state index contributed by atoms with van der Waals surface area (Å²) in [5.74, 6) is -0.895. The predicted octanol–water partition coefficient (Wildman–Crippen LogP) is 19.4. The minimum atomic E-state index is -0.782. The molecule has 0 aromatic rings. The number of hydrogen-bond donors (Lipinski definition) is 0. The zero-order chi connectivity index (χ0) is 48.6. The zero-order valence-electron chi connectivity index (χ0n) is 44.7. The second kappa shape index (κ2) is 56.0. The number of rotatable bonds is 53. The summed E-state index contributed by atoms with van der Waals surface area (Å²) < 4.78 is 16.8. The highest BCUT2D eigenvalue weighted by atomic mass is 16.6. The average molecular weight is 940 g/mol. The second-order valence-electron chi connectivity index (χ2n) is 19.5. The Labute approximate surface area is 416 Å². The summed E-state index contributed by atoms with van der Waals surface area (Å²) in [6.07, 6.45) is 68.4. The van der Waals surface area contributed by atoms with E-state index in [1.807, 2.05) is 0 Å². The maximum absolute atomic E-state index is 12.8. The summed E-state index contributed by atoms with van der Waals surface area (Å²) in [4.78, 5) is 38.0. The van der Waals surface area contributed by atoms with E-state index in [0.717, 1.165) is 96.3 Å². The number of esters is 3. The van der Waals surface area contributed by atoms with E-state index in [-0.39, 0.29) is 31.1 Å². The van der Waals surface area contributed by atoms with Crippen molar-refractivity contribution in [3.63, 3.8) is 0 Å². The van der Waals surface area contributed by atoms with Gasteiger partial charge in [0.25, 0.3) is 0 Å². The van der Waals surface area contributed by atoms with Gasteiger partial charge in [-0.25, -0.2) is 0 Å². The lowest BCUT2D eigenvalue weighted by Crippen LogP contribution is -2.30. The Bertz CT molecular complexity index is 1170. The molecule has 0 aromatic heterocycles. The van der Waals surface area contributed by atoms with E-state index < -0.39 is 6.10 Å². The van der Waals surface area contributed by atoms with E-state index in [1.54, 1.807) is 0 Å². The maximum Gasteiger partial charge on any atom is 0.306 e. The molecule has 0 aliphatic carbocycles. The summed E-state index contributed by atoms with van der Waals surface area (Å²) in [5.41, 5.74) is 0. The minimum absolute atomic E-state index is 0.0800. The number of hydrogen-bond acceptors (Lipinski definition) is 6. The first-order valence-corrected chi connectivity index (χ1v) is 29.1. The third-order valence-corrected chi connectivity index (χ3v) is 12.8. The molecule has 0 aliphatic heterocycles. The SMILES string of the molecule is CCC/C=C\CCCCCCCC(=O)OCC(COC(=O)CCCCCCCCCCCCCCC/C=C\CCCCCCCCCC)OC(=O)CCCCCCC/C=C\C/C=C\CCCC. The van der Waals surface area contributed by atoms with Gasteiger partial charge >= 0.3 is 17.9 Å². The second-order valence-corrected chi connectivity index (χ2v) is 19.5. The monoisotopic (exact) mass is 939 g/mol. The standard InChI is InChI=1S/C61H110O6/c1-4-7-10-13-16-19-22-24-26-27-28-29-30-31-32-33-34-35-36-38-39-42-45-48-51-54-60(63)66-57-58(56-65-59(62)53-50-47-44-41-21-18-15-12-9-6-3)67-61(64)55-52-49-46-43-40-37-25-23-20-17-14-11-8-5-2/h12,14-15,17,23,25,27-28,58H,4-11,13,16,18-22,24,26,29-57H2,1-3H3/b15-12-,17-14-,25-23-,28-27-. The molecular formula is C61H110O6. The Morgan fingerprint density at radius 1 is 0.299 bits per heavy atom. The van der Waals surface area contributed by atoms with Crippen molar-refractivity contribution in [1.29, 1.82) is 0 Å². The summed E-state index contributed by atoms with van der Waals surface area (Å²) in [5, 5.41) is 0. The fourth-order valence-electron chi connectivity index (χ4n) is 8.34. The van der Waals surface area contributed by atoms with Crippen molar-refractivity contribution in [3.05, 3.63) is 48.6 Å². The lowest BCUT2D eigenvalue weighted by molar-refractivity contribution is -0.167. The average Bonchev–Trinajstić information content (AvgIpc) is 3.33. The van der Waals surface area contributed by atoms with Gasteiger partial charge in [-0.2, -0.15) is 0 Å². The molecule has 390 valence electrons. The van der Waals surface area contributed by atoms with Gasteiger partial charge in [-0.3, -0.25) is 14.4 Å².